The summed E-state index contributed by atoms with van der Waals surface area (Å²) in [6.07, 6.45) is 4.18. The minimum absolute atomic E-state index is 0.198. The second-order valence-corrected chi connectivity index (χ2v) is 3.40. The highest BCUT2D eigenvalue weighted by Crippen LogP contribution is 2.02. The van der Waals surface area contributed by atoms with E-state index in [-0.39, 0.29) is 11.9 Å². The molecule has 1 atom stereocenters. The first-order chi connectivity index (χ1) is 6.72. The van der Waals surface area contributed by atoms with Crippen molar-refractivity contribution in [3.8, 4) is 0 Å². The van der Waals surface area contributed by atoms with Gasteiger partial charge in [0.25, 0.3) is 0 Å². The van der Waals surface area contributed by atoms with Crippen molar-refractivity contribution in [1.29, 1.82) is 0 Å². The molecule has 4 nitrogen and oxygen atoms in total. The molecule has 4 heteroatoms. The van der Waals surface area contributed by atoms with Crippen LogP contribution in [0.4, 0.5) is 0 Å². The van der Waals surface area contributed by atoms with Crippen molar-refractivity contribution in [3.63, 3.8) is 0 Å². The molecule has 0 aromatic rings. The quantitative estimate of drug-likeness (QED) is 0.540. The Kier molecular flexibility index (Phi) is 8.57. The fourth-order valence-electron chi connectivity index (χ4n) is 1.28. The Morgan fingerprint density at radius 3 is 2.71 bits per heavy atom. The molecule has 0 rings (SSSR count). The van der Waals surface area contributed by atoms with Crippen molar-refractivity contribution >= 4 is 5.91 Å². The Morgan fingerprint density at radius 2 is 2.21 bits per heavy atom. The average molecular weight is 202 g/mol. The van der Waals surface area contributed by atoms with E-state index in [0.29, 0.717) is 13.2 Å². The summed E-state index contributed by atoms with van der Waals surface area (Å²) in [5.74, 6) is -0.266. The van der Waals surface area contributed by atoms with Crippen molar-refractivity contribution in [2.24, 2.45) is 5.73 Å². The van der Waals surface area contributed by atoms with Gasteiger partial charge in [-0.2, -0.15) is 0 Å². The number of hydrogen-bond acceptors (Lipinski definition) is 3. The van der Waals surface area contributed by atoms with Crippen LogP contribution in [0.25, 0.3) is 0 Å². The van der Waals surface area contributed by atoms with Crippen LogP contribution in [0.3, 0.4) is 0 Å². The highest BCUT2D eigenvalue weighted by molar-refractivity contribution is 5.79. The van der Waals surface area contributed by atoms with Gasteiger partial charge in [-0.15, -0.1) is 0 Å². The molecule has 1 amide bonds. The van der Waals surface area contributed by atoms with Gasteiger partial charge in [0, 0.05) is 13.7 Å². The van der Waals surface area contributed by atoms with Gasteiger partial charge in [0.05, 0.1) is 12.6 Å². The number of primary amides is 1. The standard InChI is InChI=1S/C10H22N2O2/c1-3-4-5-6-9(10(11)13)12-7-8-14-2/h9,12H,3-8H2,1-2H3,(H2,11,13). The number of methoxy groups -OCH3 is 1. The third-order valence-corrected chi connectivity index (χ3v) is 2.14. The first-order valence-corrected chi connectivity index (χ1v) is 5.24. The fraction of sp³-hybridized carbons (Fsp3) is 0.900. The van der Waals surface area contributed by atoms with E-state index in [1.54, 1.807) is 7.11 Å². The van der Waals surface area contributed by atoms with Crippen LogP contribution in [0.5, 0.6) is 0 Å². The van der Waals surface area contributed by atoms with Gasteiger partial charge in [-0.1, -0.05) is 26.2 Å². The number of carbonyl (C=O) groups excluding carboxylic acids is 1. The Morgan fingerprint density at radius 1 is 1.50 bits per heavy atom. The Hall–Kier alpha value is -0.610. The summed E-state index contributed by atoms with van der Waals surface area (Å²) < 4.78 is 4.88. The summed E-state index contributed by atoms with van der Waals surface area (Å²) in [6.45, 7) is 3.42. The molecule has 0 heterocycles. The molecular formula is C10H22N2O2. The van der Waals surface area contributed by atoms with Crippen LogP contribution in [0.1, 0.15) is 32.6 Å². The van der Waals surface area contributed by atoms with Crippen LogP contribution in [-0.2, 0) is 9.53 Å². The SMILES string of the molecule is CCCCCC(NCCOC)C(N)=O. The number of amides is 1. The van der Waals surface area contributed by atoms with Crippen LogP contribution in [0.15, 0.2) is 0 Å². The molecule has 0 saturated heterocycles. The number of hydrogen-bond donors (Lipinski definition) is 2. The molecule has 0 aliphatic rings. The van der Waals surface area contributed by atoms with E-state index in [1.165, 1.54) is 0 Å². The molecule has 0 aliphatic carbocycles. The fourth-order valence-corrected chi connectivity index (χ4v) is 1.28. The van der Waals surface area contributed by atoms with E-state index in [9.17, 15) is 4.79 Å². The molecule has 1 unspecified atom stereocenters. The van der Waals surface area contributed by atoms with Gasteiger partial charge >= 0.3 is 0 Å². The van der Waals surface area contributed by atoms with Crippen molar-refractivity contribution in [2.75, 3.05) is 20.3 Å². The monoisotopic (exact) mass is 202 g/mol. The average Bonchev–Trinajstić information content (AvgIpc) is 2.15. The van der Waals surface area contributed by atoms with Gasteiger partial charge in [-0.05, 0) is 6.42 Å². The summed E-state index contributed by atoms with van der Waals surface area (Å²) >= 11 is 0. The number of nitrogens with two attached hydrogens (primary N) is 1. The van der Waals surface area contributed by atoms with E-state index in [2.05, 4.69) is 12.2 Å². The Labute approximate surface area is 86.2 Å². The third kappa shape index (κ3) is 6.86. The summed E-state index contributed by atoms with van der Waals surface area (Å²) in [4.78, 5) is 11.0. The predicted molar refractivity (Wildman–Crippen MR) is 57.0 cm³/mol. The normalized spacial score (nSPS) is 12.7. The van der Waals surface area contributed by atoms with E-state index in [0.717, 1.165) is 25.7 Å². The van der Waals surface area contributed by atoms with Crippen molar-refractivity contribution < 1.29 is 9.53 Å². The lowest BCUT2D eigenvalue weighted by Crippen LogP contribution is -2.42. The molecule has 0 aromatic carbocycles. The van der Waals surface area contributed by atoms with Gasteiger partial charge in [0.15, 0.2) is 0 Å². The Balaban J connectivity index is 3.61. The van der Waals surface area contributed by atoms with Gasteiger partial charge in [0.2, 0.25) is 5.91 Å². The molecule has 0 saturated carbocycles. The highest BCUT2D eigenvalue weighted by atomic mass is 16.5. The molecule has 0 fully saturated rings. The van der Waals surface area contributed by atoms with Crippen LogP contribution < -0.4 is 11.1 Å². The number of carbonyl (C=O) groups is 1. The first-order valence-electron chi connectivity index (χ1n) is 5.24. The van der Waals surface area contributed by atoms with E-state index < -0.39 is 0 Å². The minimum atomic E-state index is -0.266. The molecule has 14 heavy (non-hydrogen) atoms. The van der Waals surface area contributed by atoms with E-state index in [4.69, 9.17) is 10.5 Å². The smallest absolute Gasteiger partial charge is 0.234 e. The van der Waals surface area contributed by atoms with E-state index >= 15 is 0 Å². The maximum atomic E-state index is 11.0. The van der Waals surface area contributed by atoms with Gasteiger partial charge in [0.1, 0.15) is 0 Å². The van der Waals surface area contributed by atoms with Gasteiger partial charge in [-0.25, -0.2) is 0 Å². The van der Waals surface area contributed by atoms with E-state index in [1.807, 2.05) is 0 Å². The zero-order valence-corrected chi connectivity index (χ0v) is 9.21. The molecule has 0 aliphatic heterocycles. The zero-order chi connectivity index (χ0) is 10.8. The summed E-state index contributed by atoms with van der Waals surface area (Å²) in [5.41, 5.74) is 5.26. The Bertz CT molecular complexity index is 141. The highest BCUT2D eigenvalue weighted by Gasteiger charge is 2.12. The predicted octanol–water partition coefficient (Wildman–Crippen LogP) is 0.657. The lowest BCUT2D eigenvalue weighted by atomic mass is 10.1. The van der Waals surface area contributed by atoms with Crippen molar-refractivity contribution in [2.45, 2.75) is 38.6 Å². The molecule has 0 spiro atoms. The first kappa shape index (κ1) is 13.4. The molecule has 0 radical (unpaired) electrons. The summed E-state index contributed by atoms with van der Waals surface area (Å²) in [7, 11) is 1.64. The topological polar surface area (TPSA) is 64.3 Å². The van der Waals surface area contributed by atoms with Gasteiger partial charge in [-0.3, -0.25) is 4.79 Å². The van der Waals surface area contributed by atoms with Crippen LogP contribution >= 0.6 is 0 Å². The number of rotatable bonds is 9. The van der Waals surface area contributed by atoms with Crippen LogP contribution in [0, 0.1) is 0 Å². The number of unbranched alkanes of at least 4 members (excludes halogenated alkanes) is 2. The largest absolute Gasteiger partial charge is 0.383 e. The molecule has 0 bridgehead atoms. The zero-order valence-electron chi connectivity index (χ0n) is 9.21. The lowest BCUT2D eigenvalue weighted by molar-refractivity contribution is -0.120. The molecular weight excluding hydrogens is 180 g/mol. The molecule has 3 N–H and O–H groups in total. The molecule has 84 valence electrons. The molecule has 0 aromatic heterocycles. The summed E-state index contributed by atoms with van der Waals surface area (Å²) in [5, 5.41) is 3.08. The second kappa shape index (κ2) is 8.97. The van der Waals surface area contributed by atoms with Crippen LogP contribution in [-0.4, -0.2) is 32.2 Å². The van der Waals surface area contributed by atoms with Crippen molar-refractivity contribution in [3.05, 3.63) is 0 Å². The minimum Gasteiger partial charge on any atom is -0.383 e. The third-order valence-electron chi connectivity index (χ3n) is 2.14. The lowest BCUT2D eigenvalue weighted by Gasteiger charge is -2.14. The summed E-state index contributed by atoms with van der Waals surface area (Å²) in [6, 6.07) is -0.198. The second-order valence-electron chi connectivity index (χ2n) is 3.40. The van der Waals surface area contributed by atoms with Gasteiger partial charge < -0.3 is 15.8 Å². The maximum absolute atomic E-state index is 11.0. The van der Waals surface area contributed by atoms with Crippen LogP contribution in [0.2, 0.25) is 0 Å². The van der Waals surface area contributed by atoms with Crippen molar-refractivity contribution in [1.82, 2.24) is 5.32 Å². The number of ether oxygens (including phenoxy) is 1. The number of nitrogens with one attached hydrogen (secondary N) is 1. The maximum Gasteiger partial charge on any atom is 0.234 e.